The largest absolute Gasteiger partial charge is 0.379 e. The Hall–Kier alpha value is -3.52. The highest BCUT2D eigenvalue weighted by atomic mass is 16.5. The highest BCUT2D eigenvalue weighted by molar-refractivity contribution is 6.08. The van der Waals surface area contributed by atoms with Crippen LogP contribution >= 0.6 is 0 Å². The van der Waals surface area contributed by atoms with Crippen LogP contribution in [0.3, 0.4) is 0 Å². The molecule has 3 aromatic rings. The average Bonchev–Trinajstić information content (AvgIpc) is 3.18. The van der Waals surface area contributed by atoms with Crippen molar-refractivity contribution < 1.29 is 19.1 Å². The molecule has 1 fully saturated rings. The fraction of sp³-hybridized carbons (Fsp3) is 0.412. The highest BCUT2D eigenvalue weighted by Gasteiger charge is 2.45. The van der Waals surface area contributed by atoms with E-state index >= 15 is 0 Å². The summed E-state index contributed by atoms with van der Waals surface area (Å²) in [7, 11) is 0. The van der Waals surface area contributed by atoms with Gasteiger partial charge in [-0.3, -0.25) is 19.4 Å². The number of nitrogens with one attached hydrogen (secondary N) is 1. The fourth-order valence-electron chi connectivity index (χ4n) is 5.74. The first-order chi connectivity index (χ1) is 20.2. The van der Waals surface area contributed by atoms with E-state index in [0.717, 1.165) is 82.6 Å². The standard InChI is InChI=1S/C34H41N3O4/c38-32(29-15-5-3-6-16-29)35-34(41-25-12-2-1-11-22-36-23-26-40-27-24-36)21-13-19-28-14-9-10-20-31(28)37(34)33(39)30-17-7-4-8-18-30/h3-10,14-18,20H,1-2,11-13,19,21-27H2,(H,35,38). The minimum absolute atomic E-state index is 0.196. The molecular weight excluding hydrogens is 514 g/mol. The lowest BCUT2D eigenvalue weighted by atomic mass is 10.1. The van der Waals surface area contributed by atoms with Gasteiger partial charge in [0, 0.05) is 30.6 Å². The van der Waals surface area contributed by atoms with Gasteiger partial charge >= 0.3 is 0 Å². The quantitative estimate of drug-likeness (QED) is 0.244. The molecule has 0 saturated carbocycles. The number of aryl methyl sites for hydroxylation is 1. The predicted molar refractivity (Wildman–Crippen MR) is 161 cm³/mol. The monoisotopic (exact) mass is 555 g/mol. The van der Waals surface area contributed by atoms with Crippen LogP contribution in [0, 0.1) is 0 Å². The van der Waals surface area contributed by atoms with Crippen LogP contribution < -0.4 is 10.2 Å². The zero-order valence-corrected chi connectivity index (χ0v) is 23.8. The second kappa shape index (κ2) is 14.4. The summed E-state index contributed by atoms with van der Waals surface area (Å²) in [4.78, 5) is 32.0. The normalized spacial score (nSPS) is 19.3. The van der Waals surface area contributed by atoms with Gasteiger partial charge in [0.1, 0.15) is 0 Å². The van der Waals surface area contributed by atoms with Crippen molar-refractivity contribution >= 4 is 17.5 Å². The Morgan fingerprint density at radius 2 is 1.46 bits per heavy atom. The lowest BCUT2D eigenvalue weighted by Crippen LogP contribution is -2.64. The van der Waals surface area contributed by atoms with Gasteiger partial charge in [0.2, 0.25) is 5.85 Å². The lowest BCUT2D eigenvalue weighted by molar-refractivity contribution is -0.0685. The van der Waals surface area contributed by atoms with Crippen molar-refractivity contribution in [3.63, 3.8) is 0 Å². The van der Waals surface area contributed by atoms with Crippen molar-refractivity contribution in [2.24, 2.45) is 0 Å². The molecule has 2 heterocycles. The molecule has 7 nitrogen and oxygen atoms in total. The summed E-state index contributed by atoms with van der Waals surface area (Å²) in [6, 6.07) is 26.3. The molecule has 5 rings (SSSR count). The molecule has 2 aliphatic heterocycles. The third kappa shape index (κ3) is 7.41. The Morgan fingerprint density at radius 1 is 0.805 bits per heavy atom. The average molecular weight is 556 g/mol. The number of carbonyl (C=O) groups is 2. The Balaban J connectivity index is 1.37. The van der Waals surface area contributed by atoms with Crippen LogP contribution in [0.1, 0.15) is 64.8 Å². The Kier molecular flexibility index (Phi) is 10.2. The Bertz CT molecular complexity index is 1260. The topological polar surface area (TPSA) is 71.1 Å². The van der Waals surface area contributed by atoms with E-state index in [2.05, 4.69) is 16.3 Å². The number of benzene rings is 3. The number of ether oxygens (including phenoxy) is 2. The second-order valence-electron chi connectivity index (χ2n) is 10.8. The van der Waals surface area contributed by atoms with Crippen molar-refractivity contribution in [1.82, 2.24) is 10.2 Å². The molecule has 1 atom stereocenters. The SMILES string of the molecule is O=C(NC1(OCCCCCCN2CCOCC2)CCCc2ccccc2N1C(=O)c1ccccc1)c1ccccc1. The van der Waals surface area contributed by atoms with Gasteiger partial charge in [0.25, 0.3) is 11.8 Å². The van der Waals surface area contributed by atoms with Gasteiger partial charge in [-0.25, -0.2) is 0 Å². The van der Waals surface area contributed by atoms with E-state index in [1.807, 2.05) is 66.7 Å². The first-order valence-electron chi connectivity index (χ1n) is 15.0. The smallest absolute Gasteiger partial charge is 0.262 e. The molecule has 7 heteroatoms. The fourth-order valence-corrected chi connectivity index (χ4v) is 5.74. The number of hydrogen-bond acceptors (Lipinski definition) is 5. The zero-order chi connectivity index (χ0) is 28.3. The number of morpholine rings is 1. The molecule has 0 aromatic heterocycles. The summed E-state index contributed by atoms with van der Waals surface area (Å²) in [6.07, 6.45) is 6.17. The van der Waals surface area contributed by atoms with Crippen molar-refractivity contribution in [2.75, 3.05) is 44.4 Å². The van der Waals surface area contributed by atoms with E-state index in [1.54, 1.807) is 17.0 Å². The van der Waals surface area contributed by atoms with Crippen molar-refractivity contribution in [2.45, 2.75) is 50.8 Å². The number of amides is 2. The summed E-state index contributed by atoms with van der Waals surface area (Å²) in [5.41, 5.74) is 2.93. The van der Waals surface area contributed by atoms with Crippen LogP contribution in [0.15, 0.2) is 84.9 Å². The molecule has 0 radical (unpaired) electrons. The van der Waals surface area contributed by atoms with E-state index in [-0.39, 0.29) is 11.8 Å². The second-order valence-corrected chi connectivity index (χ2v) is 10.8. The number of anilines is 1. The van der Waals surface area contributed by atoms with Crippen LogP contribution in [0.2, 0.25) is 0 Å². The summed E-state index contributed by atoms with van der Waals surface area (Å²) < 4.78 is 12.1. The van der Waals surface area contributed by atoms with E-state index < -0.39 is 5.85 Å². The molecule has 1 N–H and O–H groups in total. The number of rotatable bonds is 11. The van der Waals surface area contributed by atoms with E-state index in [4.69, 9.17) is 9.47 Å². The molecule has 2 amide bonds. The molecule has 3 aromatic carbocycles. The predicted octanol–water partition coefficient (Wildman–Crippen LogP) is 5.66. The van der Waals surface area contributed by atoms with Crippen LogP contribution in [0.5, 0.6) is 0 Å². The number of fused-ring (bicyclic) bond motifs is 1. The van der Waals surface area contributed by atoms with Crippen molar-refractivity contribution in [3.05, 3.63) is 102 Å². The Labute approximate surface area is 243 Å². The first-order valence-corrected chi connectivity index (χ1v) is 15.0. The van der Waals surface area contributed by atoms with Gasteiger partial charge < -0.3 is 14.8 Å². The molecular formula is C34H41N3O4. The van der Waals surface area contributed by atoms with Gasteiger partial charge in [0.15, 0.2) is 0 Å². The molecule has 41 heavy (non-hydrogen) atoms. The van der Waals surface area contributed by atoms with Gasteiger partial charge in [-0.1, -0.05) is 67.4 Å². The zero-order valence-electron chi connectivity index (χ0n) is 23.8. The minimum atomic E-state index is -1.32. The maximum Gasteiger partial charge on any atom is 0.262 e. The molecule has 1 unspecified atom stereocenters. The number of carbonyl (C=O) groups excluding carboxylic acids is 2. The van der Waals surface area contributed by atoms with Crippen molar-refractivity contribution in [3.8, 4) is 0 Å². The maximum absolute atomic E-state index is 14.3. The number of para-hydroxylation sites is 1. The van der Waals surface area contributed by atoms with Gasteiger partial charge in [0.05, 0.1) is 25.5 Å². The first kappa shape index (κ1) is 29.0. The van der Waals surface area contributed by atoms with E-state index in [1.165, 1.54) is 0 Å². The molecule has 0 aliphatic carbocycles. The summed E-state index contributed by atoms with van der Waals surface area (Å²) in [5.74, 6) is -1.78. The molecule has 0 spiro atoms. The van der Waals surface area contributed by atoms with Gasteiger partial charge in [-0.05, 0) is 68.1 Å². The van der Waals surface area contributed by atoms with E-state index in [0.29, 0.717) is 24.2 Å². The molecule has 0 bridgehead atoms. The Morgan fingerprint density at radius 3 is 2.22 bits per heavy atom. The third-order valence-corrected chi connectivity index (χ3v) is 7.94. The van der Waals surface area contributed by atoms with Crippen LogP contribution in [-0.2, 0) is 15.9 Å². The molecule has 216 valence electrons. The van der Waals surface area contributed by atoms with Gasteiger partial charge in [-0.15, -0.1) is 0 Å². The summed E-state index contributed by atoms with van der Waals surface area (Å²) in [6.45, 7) is 5.21. The van der Waals surface area contributed by atoms with Crippen molar-refractivity contribution in [1.29, 1.82) is 0 Å². The lowest BCUT2D eigenvalue weighted by Gasteiger charge is -2.43. The van der Waals surface area contributed by atoms with Gasteiger partial charge in [-0.2, -0.15) is 0 Å². The maximum atomic E-state index is 14.3. The number of hydrogen-bond donors (Lipinski definition) is 1. The minimum Gasteiger partial charge on any atom is -0.379 e. The summed E-state index contributed by atoms with van der Waals surface area (Å²) in [5, 5.41) is 3.20. The number of nitrogens with zero attached hydrogens (tertiary/aromatic N) is 2. The van der Waals surface area contributed by atoms with Crippen LogP contribution in [0.25, 0.3) is 0 Å². The van der Waals surface area contributed by atoms with Crippen LogP contribution in [0.4, 0.5) is 5.69 Å². The number of unbranched alkanes of at least 4 members (excludes halogenated alkanes) is 3. The highest BCUT2D eigenvalue weighted by Crippen LogP contribution is 2.37. The molecule has 2 aliphatic rings. The summed E-state index contributed by atoms with van der Waals surface area (Å²) >= 11 is 0. The van der Waals surface area contributed by atoms with Crippen LogP contribution in [-0.4, -0.2) is 62.0 Å². The third-order valence-electron chi connectivity index (χ3n) is 7.94. The van der Waals surface area contributed by atoms with E-state index in [9.17, 15) is 9.59 Å². The molecule has 1 saturated heterocycles.